The third-order valence-electron chi connectivity index (χ3n) is 3.42. The lowest BCUT2D eigenvalue weighted by Gasteiger charge is -2.23. The largest absolute Gasteiger partial charge is 0.341 e. The van der Waals surface area contributed by atoms with Crippen LogP contribution in [0.1, 0.15) is 29.9 Å². The fraction of sp³-hybridized carbons (Fsp3) is 0.400. The molecule has 0 spiro atoms. The van der Waals surface area contributed by atoms with Crippen LogP contribution in [0, 0.1) is 0 Å². The Labute approximate surface area is 156 Å². The first kappa shape index (κ1) is 19.7. The van der Waals surface area contributed by atoms with Crippen LogP contribution in [0.2, 0.25) is 10.0 Å². The highest BCUT2D eigenvalue weighted by atomic mass is 35.5. The molecule has 2 rings (SSSR count). The maximum Gasteiger partial charge on any atom is 0.252 e. The van der Waals surface area contributed by atoms with Crippen molar-refractivity contribution in [3.05, 3.63) is 45.7 Å². The minimum atomic E-state index is -3.10. The molecule has 1 heterocycles. The number of hydrogen-bond donors (Lipinski definition) is 1. The smallest absolute Gasteiger partial charge is 0.252 e. The van der Waals surface area contributed by atoms with E-state index < -0.39 is 15.4 Å². The predicted molar refractivity (Wildman–Crippen MR) is 96.7 cm³/mol. The van der Waals surface area contributed by atoms with Gasteiger partial charge in [-0.25, -0.2) is 8.42 Å². The van der Waals surface area contributed by atoms with E-state index in [0.717, 1.165) is 6.26 Å². The van der Waals surface area contributed by atoms with Gasteiger partial charge < -0.3 is 5.32 Å². The topological polar surface area (TPSA) is 94.0 Å². The second-order valence-corrected chi connectivity index (χ2v) is 9.37. The van der Waals surface area contributed by atoms with Gasteiger partial charge in [-0.15, -0.1) is 5.10 Å². The van der Waals surface area contributed by atoms with E-state index in [1.807, 2.05) is 0 Å². The van der Waals surface area contributed by atoms with Crippen molar-refractivity contribution in [1.82, 2.24) is 20.3 Å². The van der Waals surface area contributed by atoms with E-state index in [0.29, 0.717) is 21.3 Å². The summed E-state index contributed by atoms with van der Waals surface area (Å²) in [7, 11) is -3.10. The van der Waals surface area contributed by atoms with E-state index in [-0.39, 0.29) is 18.2 Å². The van der Waals surface area contributed by atoms with Crippen molar-refractivity contribution in [3.8, 4) is 0 Å². The van der Waals surface area contributed by atoms with Crippen LogP contribution in [-0.2, 0) is 21.9 Å². The molecule has 0 aliphatic carbocycles. The van der Waals surface area contributed by atoms with Crippen LogP contribution in [0.3, 0.4) is 0 Å². The summed E-state index contributed by atoms with van der Waals surface area (Å²) in [5.41, 5.74) is 0.00685. The molecule has 136 valence electrons. The monoisotopic (exact) mass is 404 g/mol. The van der Waals surface area contributed by atoms with Crippen LogP contribution < -0.4 is 5.32 Å². The standard InChI is InChI=1S/C15H18Cl2N4O3S/c1-15(2,13-9-21(20-19-13)4-5-25(3,23)24)18-14(22)10-6-11(16)8-12(17)7-10/h6-9H,4-5H2,1-3H3,(H,18,22). The minimum Gasteiger partial charge on any atom is -0.341 e. The van der Waals surface area contributed by atoms with E-state index in [4.69, 9.17) is 23.2 Å². The number of hydrogen-bond acceptors (Lipinski definition) is 5. The van der Waals surface area contributed by atoms with E-state index >= 15 is 0 Å². The molecule has 0 atom stereocenters. The number of aromatic nitrogens is 3. The molecule has 1 aromatic heterocycles. The average Bonchev–Trinajstić information content (AvgIpc) is 2.92. The van der Waals surface area contributed by atoms with Crippen molar-refractivity contribution in [3.63, 3.8) is 0 Å². The SMILES string of the molecule is CC(C)(NC(=O)c1cc(Cl)cc(Cl)c1)c1cn(CCS(C)(=O)=O)nn1. The van der Waals surface area contributed by atoms with Crippen molar-refractivity contribution >= 4 is 38.9 Å². The lowest BCUT2D eigenvalue weighted by Crippen LogP contribution is -2.41. The van der Waals surface area contributed by atoms with E-state index in [1.54, 1.807) is 26.1 Å². The molecule has 1 aromatic carbocycles. The maximum atomic E-state index is 12.4. The number of aryl methyl sites for hydroxylation is 1. The summed E-state index contributed by atoms with van der Waals surface area (Å²) in [6.07, 6.45) is 2.77. The van der Waals surface area contributed by atoms with E-state index in [9.17, 15) is 13.2 Å². The van der Waals surface area contributed by atoms with Crippen molar-refractivity contribution in [2.24, 2.45) is 0 Å². The Morgan fingerprint density at radius 1 is 1.24 bits per heavy atom. The molecule has 0 aliphatic heterocycles. The van der Waals surface area contributed by atoms with Gasteiger partial charge in [-0.1, -0.05) is 28.4 Å². The zero-order chi connectivity index (χ0) is 18.8. The molecule has 2 aromatic rings. The van der Waals surface area contributed by atoms with Gasteiger partial charge in [0.1, 0.15) is 15.5 Å². The Bertz CT molecular complexity index is 874. The Balaban J connectivity index is 2.13. The van der Waals surface area contributed by atoms with Gasteiger partial charge in [-0.3, -0.25) is 9.48 Å². The number of halogens is 2. The third kappa shape index (κ3) is 5.69. The predicted octanol–water partition coefficient (Wildman–Crippen LogP) is 2.29. The first-order chi connectivity index (χ1) is 11.5. The Morgan fingerprint density at radius 3 is 2.40 bits per heavy atom. The lowest BCUT2D eigenvalue weighted by molar-refractivity contribution is 0.0910. The molecule has 25 heavy (non-hydrogen) atoms. The second kappa shape index (κ2) is 7.31. The van der Waals surface area contributed by atoms with E-state index in [1.165, 1.54) is 16.8 Å². The van der Waals surface area contributed by atoms with Gasteiger partial charge in [0.15, 0.2) is 0 Å². The Hall–Kier alpha value is -1.64. The third-order valence-corrected chi connectivity index (χ3v) is 4.78. The van der Waals surface area contributed by atoms with Crippen LogP contribution in [0.25, 0.3) is 0 Å². The molecule has 0 aliphatic rings. The number of rotatable bonds is 6. The number of nitrogens with one attached hydrogen (secondary N) is 1. The van der Waals surface area contributed by atoms with Crippen molar-refractivity contribution in [2.75, 3.05) is 12.0 Å². The molecule has 0 saturated heterocycles. The molecule has 7 nitrogen and oxygen atoms in total. The quantitative estimate of drug-likeness (QED) is 0.796. The summed E-state index contributed by atoms with van der Waals surface area (Å²) in [5, 5.41) is 11.5. The van der Waals surface area contributed by atoms with Crippen LogP contribution >= 0.6 is 23.2 Å². The number of carbonyl (C=O) groups is 1. The number of benzene rings is 1. The number of amides is 1. The second-order valence-electron chi connectivity index (χ2n) is 6.23. The van der Waals surface area contributed by atoms with Gasteiger partial charge in [0.05, 0.1) is 24.0 Å². The van der Waals surface area contributed by atoms with Gasteiger partial charge in [-0.05, 0) is 32.0 Å². The molecule has 0 radical (unpaired) electrons. The number of nitrogens with zero attached hydrogens (tertiary/aromatic N) is 3. The van der Waals surface area contributed by atoms with Crippen LogP contribution in [0.5, 0.6) is 0 Å². The number of sulfone groups is 1. The molecular formula is C15H18Cl2N4O3S. The summed E-state index contributed by atoms with van der Waals surface area (Å²) >= 11 is 11.8. The molecule has 1 amide bonds. The Morgan fingerprint density at radius 2 is 1.84 bits per heavy atom. The summed E-state index contributed by atoms with van der Waals surface area (Å²) in [6.45, 7) is 3.73. The van der Waals surface area contributed by atoms with Gasteiger partial charge in [0, 0.05) is 21.9 Å². The number of carbonyl (C=O) groups excluding carboxylic acids is 1. The Kier molecular flexibility index (Phi) is 5.75. The fourth-order valence-electron chi connectivity index (χ4n) is 2.06. The minimum absolute atomic E-state index is 0.0381. The first-order valence-corrected chi connectivity index (χ1v) is 10.1. The van der Waals surface area contributed by atoms with Crippen LogP contribution in [0.15, 0.2) is 24.4 Å². The average molecular weight is 405 g/mol. The fourth-order valence-corrected chi connectivity index (χ4v) is 3.10. The first-order valence-electron chi connectivity index (χ1n) is 7.33. The molecule has 1 N–H and O–H groups in total. The summed E-state index contributed by atoms with van der Waals surface area (Å²) in [5.74, 6) is -0.399. The molecule has 0 unspecified atom stereocenters. The maximum absolute atomic E-state index is 12.4. The summed E-state index contributed by atoms with van der Waals surface area (Å²) < 4.78 is 23.9. The highest BCUT2D eigenvalue weighted by Gasteiger charge is 2.27. The van der Waals surface area contributed by atoms with Gasteiger partial charge in [-0.2, -0.15) is 0 Å². The van der Waals surface area contributed by atoms with Crippen LogP contribution in [-0.4, -0.2) is 41.3 Å². The lowest BCUT2D eigenvalue weighted by atomic mass is 10.0. The molecular weight excluding hydrogens is 387 g/mol. The zero-order valence-corrected chi connectivity index (χ0v) is 16.3. The molecule has 0 saturated carbocycles. The molecule has 0 bridgehead atoms. The highest BCUT2D eigenvalue weighted by Crippen LogP contribution is 2.22. The normalized spacial score (nSPS) is 12.2. The van der Waals surface area contributed by atoms with Gasteiger partial charge >= 0.3 is 0 Å². The van der Waals surface area contributed by atoms with Crippen molar-refractivity contribution in [2.45, 2.75) is 25.9 Å². The van der Waals surface area contributed by atoms with Crippen LogP contribution in [0.4, 0.5) is 0 Å². The summed E-state index contributed by atoms with van der Waals surface area (Å²) in [4.78, 5) is 12.4. The molecule has 0 fully saturated rings. The van der Waals surface area contributed by atoms with E-state index in [2.05, 4.69) is 15.6 Å². The van der Waals surface area contributed by atoms with Crippen molar-refractivity contribution < 1.29 is 13.2 Å². The van der Waals surface area contributed by atoms with Crippen molar-refractivity contribution in [1.29, 1.82) is 0 Å². The molecule has 10 heteroatoms. The van der Waals surface area contributed by atoms with Gasteiger partial charge in [0.25, 0.3) is 5.91 Å². The zero-order valence-electron chi connectivity index (χ0n) is 14.0. The van der Waals surface area contributed by atoms with Gasteiger partial charge in [0.2, 0.25) is 0 Å². The summed E-state index contributed by atoms with van der Waals surface area (Å²) in [6, 6.07) is 4.57. The highest BCUT2D eigenvalue weighted by molar-refractivity contribution is 7.90.